The molecule has 1 aromatic rings. The summed E-state index contributed by atoms with van der Waals surface area (Å²) in [6, 6.07) is 5.45. The van der Waals surface area contributed by atoms with E-state index in [-0.39, 0.29) is 30.5 Å². The van der Waals surface area contributed by atoms with Crippen molar-refractivity contribution in [1.29, 1.82) is 0 Å². The van der Waals surface area contributed by atoms with Crippen molar-refractivity contribution < 1.29 is 43.1 Å². The largest absolute Gasteiger partial charge is 0.537 e. The van der Waals surface area contributed by atoms with Crippen molar-refractivity contribution in [2.75, 3.05) is 4.90 Å². The van der Waals surface area contributed by atoms with Gasteiger partial charge in [-0.25, -0.2) is 14.5 Å². The molecule has 11 heteroatoms. The van der Waals surface area contributed by atoms with E-state index in [0.29, 0.717) is 5.06 Å². The molecular weight excluding hydrogens is 400 g/mol. The van der Waals surface area contributed by atoms with Gasteiger partial charge >= 0.3 is 12.1 Å². The highest BCUT2D eigenvalue weighted by molar-refractivity contribution is 6.28. The summed E-state index contributed by atoms with van der Waals surface area (Å²) in [6.07, 6.45) is -0.497. The van der Waals surface area contributed by atoms with Gasteiger partial charge in [0.25, 0.3) is 29.9 Å². The van der Waals surface area contributed by atoms with Crippen LogP contribution in [0.3, 0.4) is 0 Å². The number of carbonyl (C=O) groups is 6. The minimum atomic E-state index is -1.37. The molecule has 4 amide bonds. The Balaban J connectivity index is 1.57. The molecule has 156 valence electrons. The van der Waals surface area contributed by atoms with E-state index in [0.717, 1.165) is 17.1 Å². The average molecular weight is 416 g/mol. The lowest BCUT2D eigenvalue weighted by Gasteiger charge is -2.18. The summed E-state index contributed by atoms with van der Waals surface area (Å²) >= 11 is 0. The molecule has 1 saturated heterocycles. The summed E-state index contributed by atoms with van der Waals surface area (Å²) in [5, 5.41) is 0.311. The molecule has 0 bridgehead atoms. The molecule has 2 heterocycles. The van der Waals surface area contributed by atoms with Crippen LogP contribution >= 0.6 is 0 Å². The predicted molar refractivity (Wildman–Crippen MR) is 96.2 cm³/mol. The lowest BCUT2D eigenvalue weighted by Crippen LogP contribution is -2.34. The molecule has 0 N–H and O–H groups in total. The Morgan fingerprint density at radius 2 is 1.50 bits per heavy atom. The third kappa shape index (κ3) is 4.35. The maximum atomic E-state index is 12.3. The number of nitrogens with zero attached hydrogens (tertiary/aromatic N) is 2. The van der Waals surface area contributed by atoms with Crippen LogP contribution in [0.1, 0.15) is 36.5 Å². The molecule has 0 aromatic heterocycles. The Morgan fingerprint density at radius 1 is 0.933 bits per heavy atom. The van der Waals surface area contributed by atoms with Gasteiger partial charge in [-0.2, -0.15) is 0 Å². The molecule has 1 fully saturated rings. The Hall–Kier alpha value is -4.02. The Labute approximate surface area is 169 Å². The van der Waals surface area contributed by atoms with E-state index >= 15 is 0 Å². The van der Waals surface area contributed by atoms with Gasteiger partial charge in [-0.15, -0.1) is 0 Å². The monoisotopic (exact) mass is 416 g/mol. The first-order chi connectivity index (χ1) is 14.3. The molecule has 3 rings (SSSR count). The van der Waals surface area contributed by atoms with E-state index in [1.165, 1.54) is 24.3 Å². The lowest BCUT2D eigenvalue weighted by atomic mass is 10.2. The number of esters is 1. The van der Waals surface area contributed by atoms with E-state index in [1.54, 1.807) is 6.92 Å². The second kappa shape index (κ2) is 8.55. The summed E-state index contributed by atoms with van der Waals surface area (Å²) in [7, 11) is 0. The minimum Gasteiger partial charge on any atom is -0.421 e. The van der Waals surface area contributed by atoms with Gasteiger partial charge in [0.05, 0.1) is 11.3 Å². The molecule has 0 saturated carbocycles. The molecule has 1 aromatic carbocycles. The number of rotatable bonds is 6. The highest BCUT2D eigenvalue weighted by atomic mass is 16.9. The Morgan fingerprint density at radius 3 is 2.03 bits per heavy atom. The second-order valence-electron chi connectivity index (χ2n) is 6.18. The van der Waals surface area contributed by atoms with Gasteiger partial charge < -0.3 is 9.47 Å². The van der Waals surface area contributed by atoms with Crippen molar-refractivity contribution in [2.45, 2.75) is 32.5 Å². The molecular formula is C19H16N2O9. The van der Waals surface area contributed by atoms with E-state index in [9.17, 15) is 28.8 Å². The number of hydrogen-bond acceptors (Lipinski definition) is 9. The van der Waals surface area contributed by atoms with Crippen LogP contribution in [-0.2, 0) is 33.5 Å². The molecule has 0 spiro atoms. The number of carbonyl (C=O) groups excluding carboxylic acids is 6. The summed E-state index contributed by atoms with van der Waals surface area (Å²) in [6.45, 7) is 1.57. The predicted octanol–water partition coefficient (Wildman–Crippen LogP) is 1.23. The average Bonchev–Trinajstić information content (AvgIpc) is 3.22. The van der Waals surface area contributed by atoms with Gasteiger partial charge in [-0.1, -0.05) is 12.0 Å². The Kier molecular flexibility index (Phi) is 5.90. The van der Waals surface area contributed by atoms with Gasteiger partial charge in [-0.05, 0) is 24.3 Å². The van der Waals surface area contributed by atoms with Crippen LogP contribution < -0.4 is 4.90 Å². The van der Waals surface area contributed by atoms with Crippen LogP contribution in [0.5, 0.6) is 0 Å². The fraction of sp³-hybridized carbons (Fsp3) is 0.263. The third-order valence-electron chi connectivity index (χ3n) is 4.14. The quantitative estimate of drug-likeness (QED) is 0.381. The number of hydrogen-bond donors (Lipinski definition) is 0. The van der Waals surface area contributed by atoms with Crippen molar-refractivity contribution >= 4 is 41.4 Å². The van der Waals surface area contributed by atoms with Gasteiger partial charge in [0.1, 0.15) is 0 Å². The molecule has 1 unspecified atom stereocenters. The van der Waals surface area contributed by atoms with E-state index < -0.39 is 42.0 Å². The Bertz CT molecular complexity index is 917. The highest BCUT2D eigenvalue weighted by Gasteiger charge is 2.34. The summed E-state index contributed by atoms with van der Waals surface area (Å²) in [5.41, 5.74) is 0.351. The van der Waals surface area contributed by atoms with Gasteiger partial charge in [0.15, 0.2) is 0 Å². The smallest absolute Gasteiger partial charge is 0.421 e. The van der Waals surface area contributed by atoms with Crippen molar-refractivity contribution in [1.82, 2.24) is 5.06 Å². The van der Waals surface area contributed by atoms with E-state index in [4.69, 9.17) is 9.47 Å². The van der Waals surface area contributed by atoms with E-state index in [1.807, 2.05) is 0 Å². The number of imide groups is 2. The zero-order valence-corrected chi connectivity index (χ0v) is 15.7. The summed E-state index contributed by atoms with van der Waals surface area (Å²) in [4.78, 5) is 75.8. The molecule has 30 heavy (non-hydrogen) atoms. The summed E-state index contributed by atoms with van der Waals surface area (Å²) in [5.74, 6) is -3.18. The van der Waals surface area contributed by atoms with Crippen LogP contribution in [0.15, 0.2) is 36.4 Å². The molecule has 2 aliphatic rings. The van der Waals surface area contributed by atoms with Crippen LogP contribution in [0, 0.1) is 0 Å². The van der Waals surface area contributed by atoms with E-state index in [2.05, 4.69) is 4.84 Å². The number of ether oxygens (including phenoxy) is 2. The fourth-order valence-corrected chi connectivity index (χ4v) is 2.64. The number of hydroxylamine groups is 2. The van der Waals surface area contributed by atoms with Gasteiger partial charge in [0, 0.05) is 31.4 Å². The van der Waals surface area contributed by atoms with Crippen LogP contribution in [0.4, 0.5) is 10.5 Å². The topological polar surface area (TPSA) is 137 Å². The number of benzene rings is 1. The minimum absolute atomic E-state index is 0.0705. The van der Waals surface area contributed by atoms with Crippen molar-refractivity contribution in [2.24, 2.45) is 0 Å². The second-order valence-corrected chi connectivity index (χ2v) is 6.18. The van der Waals surface area contributed by atoms with Gasteiger partial charge in [-0.3, -0.25) is 24.0 Å². The molecule has 1 atom stereocenters. The van der Waals surface area contributed by atoms with Crippen LogP contribution in [0.25, 0.3) is 0 Å². The lowest BCUT2D eigenvalue weighted by molar-refractivity contribution is -0.185. The van der Waals surface area contributed by atoms with Crippen molar-refractivity contribution in [3.63, 3.8) is 0 Å². The number of anilines is 1. The third-order valence-corrected chi connectivity index (χ3v) is 4.14. The molecule has 11 nitrogen and oxygen atoms in total. The molecule has 0 radical (unpaired) electrons. The first-order valence-corrected chi connectivity index (χ1v) is 8.91. The maximum absolute atomic E-state index is 12.3. The standard InChI is InChI=1S/C19H16N2O9/c1-2-17(29-19(27)30-21-15(24)9-10-16(21)25)28-18(26)11-3-5-12(6-4-11)20-13(22)7-8-14(20)23/h3-8,17H,2,9-10H2,1H3. The summed E-state index contributed by atoms with van der Waals surface area (Å²) < 4.78 is 9.90. The molecule has 0 aliphatic carbocycles. The fourth-order valence-electron chi connectivity index (χ4n) is 2.64. The van der Waals surface area contributed by atoms with Crippen LogP contribution in [0.2, 0.25) is 0 Å². The van der Waals surface area contributed by atoms with Crippen LogP contribution in [-0.4, -0.2) is 47.1 Å². The maximum Gasteiger partial charge on any atom is 0.537 e. The molecule has 2 aliphatic heterocycles. The number of amides is 4. The zero-order valence-electron chi connectivity index (χ0n) is 15.7. The SMILES string of the molecule is CCC(OC(=O)ON1C(=O)CCC1=O)OC(=O)c1ccc(N2C(=O)C=CC2=O)cc1. The van der Waals surface area contributed by atoms with Gasteiger partial charge in [0.2, 0.25) is 0 Å². The van der Waals surface area contributed by atoms with Crippen molar-refractivity contribution in [3.05, 3.63) is 42.0 Å². The first kappa shape index (κ1) is 20.7. The van der Waals surface area contributed by atoms with Crippen molar-refractivity contribution in [3.8, 4) is 0 Å². The normalized spacial score (nSPS) is 16.8. The zero-order chi connectivity index (χ0) is 21.8. The highest BCUT2D eigenvalue weighted by Crippen LogP contribution is 2.20. The first-order valence-electron chi connectivity index (χ1n) is 8.91.